The molecule has 67 heavy (non-hydrogen) atoms. The first kappa shape index (κ1) is 44.2. The van der Waals surface area contributed by atoms with Crippen LogP contribution in [0.4, 0.5) is 22.7 Å². The van der Waals surface area contributed by atoms with E-state index < -0.39 is 0 Å². The van der Waals surface area contributed by atoms with E-state index >= 15 is 0 Å². The van der Waals surface area contributed by atoms with Gasteiger partial charge in [-0.15, -0.1) is 36.6 Å². The number of benzene rings is 7. The van der Waals surface area contributed by atoms with E-state index in [1.54, 1.807) is 0 Å². The molecule has 0 spiro atoms. The summed E-state index contributed by atoms with van der Waals surface area (Å²) in [5.41, 5.74) is 15.8. The minimum absolute atomic E-state index is 0. The third-order valence-electron chi connectivity index (χ3n) is 13.0. The number of aromatic nitrogens is 2. The Morgan fingerprint density at radius 1 is 0.537 bits per heavy atom. The van der Waals surface area contributed by atoms with Gasteiger partial charge in [-0.05, 0) is 85.8 Å². The molecule has 338 valence electrons. The number of nitrogens with zero attached hydrogens (tertiary/aromatic N) is 4. The van der Waals surface area contributed by atoms with E-state index in [0.29, 0.717) is 11.5 Å². The Hall–Kier alpha value is -6.62. The van der Waals surface area contributed by atoms with Gasteiger partial charge >= 0.3 is 0 Å². The van der Waals surface area contributed by atoms with Crippen LogP contribution in [-0.2, 0) is 37.3 Å². The van der Waals surface area contributed by atoms with Crippen molar-refractivity contribution in [1.29, 1.82) is 0 Å². The monoisotopic (exact) mass is 1060 g/mol. The van der Waals surface area contributed by atoms with Crippen LogP contribution in [-0.4, -0.2) is 9.55 Å². The Balaban J connectivity index is 0.00000525. The molecule has 1 aliphatic rings. The van der Waals surface area contributed by atoms with Gasteiger partial charge in [-0.3, -0.25) is 0 Å². The SMILES string of the molecule is CC(C)(C)c1cc(-c2cccc(-c3ccccc3)c2N2[CH-]N(c3[c-]c(Oc4[c-]c5c6c(c4)oc4cccc(c46)n5-c4cc(C(C)(C)C)ccn4)ccc3)c3ccccc32)cc(C(C)(C)C)c1.[Pt]. The zero-order chi connectivity index (χ0) is 45.7. The molecule has 10 aromatic rings. The molecule has 0 fully saturated rings. The largest absolute Gasteiger partial charge is 0.509 e. The second-order valence-electron chi connectivity index (χ2n) is 20.7. The molecule has 3 aromatic heterocycles. The van der Waals surface area contributed by atoms with Crippen LogP contribution < -0.4 is 14.5 Å². The maximum absolute atomic E-state index is 6.73. The van der Waals surface area contributed by atoms with Gasteiger partial charge in [-0.2, -0.15) is 6.07 Å². The second kappa shape index (κ2) is 16.3. The minimum atomic E-state index is -0.0438. The van der Waals surface area contributed by atoms with Crippen molar-refractivity contribution in [1.82, 2.24) is 9.55 Å². The molecule has 0 saturated carbocycles. The van der Waals surface area contributed by atoms with E-state index in [-0.39, 0.29) is 37.3 Å². The van der Waals surface area contributed by atoms with Gasteiger partial charge in [0.05, 0.1) is 0 Å². The summed E-state index contributed by atoms with van der Waals surface area (Å²) >= 11 is 0. The number of pyridine rings is 1. The first-order chi connectivity index (χ1) is 31.6. The zero-order valence-electron chi connectivity index (χ0n) is 39.4. The predicted molar refractivity (Wildman–Crippen MR) is 272 cm³/mol. The fourth-order valence-electron chi connectivity index (χ4n) is 9.37. The van der Waals surface area contributed by atoms with E-state index in [9.17, 15) is 0 Å². The molecule has 0 bridgehead atoms. The maximum atomic E-state index is 6.73. The van der Waals surface area contributed by atoms with Crippen molar-refractivity contribution < 1.29 is 30.2 Å². The quantitative estimate of drug-likeness (QED) is 0.149. The fraction of sp³-hybridized carbons (Fsp3) is 0.200. The molecule has 7 heteroatoms. The molecular formula is C60H53N4O2Pt-3. The molecule has 6 nitrogen and oxygen atoms in total. The van der Waals surface area contributed by atoms with E-state index in [1.807, 2.05) is 36.5 Å². The Morgan fingerprint density at radius 3 is 1.88 bits per heavy atom. The van der Waals surface area contributed by atoms with Gasteiger partial charge in [-0.1, -0.05) is 164 Å². The van der Waals surface area contributed by atoms with Crippen molar-refractivity contribution >= 4 is 55.7 Å². The molecule has 0 aliphatic carbocycles. The van der Waals surface area contributed by atoms with Crippen molar-refractivity contribution in [3.8, 4) is 39.6 Å². The van der Waals surface area contributed by atoms with Crippen molar-refractivity contribution in [3.05, 3.63) is 187 Å². The molecule has 7 aromatic carbocycles. The maximum Gasteiger partial charge on any atom is 0.135 e. The summed E-state index contributed by atoms with van der Waals surface area (Å²) in [6.45, 7) is 22.7. The summed E-state index contributed by atoms with van der Waals surface area (Å²) < 4.78 is 15.4. The van der Waals surface area contributed by atoms with Crippen LogP contribution in [0.5, 0.6) is 11.5 Å². The third kappa shape index (κ3) is 7.79. The number of fused-ring (bicyclic) bond motifs is 1. The molecule has 11 rings (SSSR count). The number of hydrogen-bond acceptors (Lipinski definition) is 5. The molecule has 4 heterocycles. The second-order valence-corrected chi connectivity index (χ2v) is 20.7. The summed E-state index contributed by atoms with van der Waals surface area (Å²) in [6.07, 6.45) is 1.89. The third-order valence-corrected chi connectivity index (χ3v) is 13.0. The number of hydrogen-bond donors (Lipinski definition) is 0. The van der Waals surface area contributed by atoms with E-state index in [2.05, 4.69) is 211 Å². The summed E-state index contributed by atoms with van der Waals surface area (Å²) in [7, 11) is 0. The van der Waals surface area contributed by atoms with Crippen molar-refractivity contribution in [3.63, 3.8) is 0 Å². The van der Waals surface area contributed by atoms with E-state index in [4.69, 9.17) is 14.1 Å². The zero-order valence-corrected chi connectivity index (χ0v) is 41.7. The summed E-state index contributed by atoms with van der Waals surface area (Å²) in [5, 5.41) is 2.06. The van der Waals surface area contributed by atoms with Gasteiger partial charge in [-0.25, -0.2) is 4.98 Å². The Bertz CT molecular complexity index is 3420. The Morgan fingerprint density at radius 2 is 1.18 bits per heavy atom. The molecule has 1 aliphatic heterocycles. The number of ether oxygens (including phenoxy) is 1. The minimum Gasteiger partial charge on any atom is -0.509 e. The van der Waals surface area contributed by atoms with Crippen LogP contribution in [0.15, 0.2) is 156 Å². The van der Waals surface area contributed by atoms with Crippen LogP contribution in [0.1, 0.15) is 79.0 Å². The molecule has 0 unspecified atom stereocenters. The van der Waals surface area contributed by atoms with Gasteiger partial charge in [0.2, 0.25) is 0 Å². The Labute approximate surface area is 408 Å². The molecule has 0 N–H and O–H groups in total. The smallest absolute Gasteiger partial charge is 0.135 e. The van der Waals surface area contributed by atoms with Crippen LogP contribution in [0, 0.1) is 18.8 Å². The molecule has 0 atom stereocenters. The van der Waals surface area contributed by atoms with Gasteiger partial charge in [0, 0.05) is 78.0 Å². The standard InChI is InChI=1S/C60H53N4O2.Pt/c1-58(2,3)40-28-29-61-54(33-40)64-50-26-17-27-52-55(50)56-51(64)35-45(36-53(56)66-52)65-44-21-15-20-43(34-44)62-37-63(49-25-14-13-24-48(49)62)57-46(38-18-11-10-12-19-38)22-16-23-47(57)39-30-41(59(4,5)6)32-42(31-39)60(7,8)9;/h10-33,36-37H,1-9H3;/q-3;. The van der Waals surface area contributed by atoms with Crippen LogP contribution >= 0.6 is 0 Å². The van der Waals surface area contributed by atoms with Crippen LogP contribution in [0.3, 0.4) is 0 Å². The van der Waals surface area contributed by atoms with E-state index in [1.165, 1.54) is 22.3 Å². The summed E-state index contributed by atoms with van der Waals surface area (Å²) in [6, 6.07) is 58.9. The topological polar surface area (TPSA) is 46.7 Å². The summed E-state index contributed by atoms with van der Waals surface area (Å²) in [5.74, 6) is 1.92. The van der Waals surface area contributed by atoms with Crippen molar-refractivity contribution in [2.75, 3.05) is 9.80 Å². The number of furan rings is 1. The van der Waals surface area contributed by atoms with Crippen LogP contribution in [0.25, 0.3) is 61.0 Å². The van der Waals surface area contributed by atoms with E-state index in [0.717, 1.165) is 78.2 Å². The first-order valence-electron chi connectivity index (χ1n) is 22.9. The normalized spacial score (nSPS) is 13.2. The van der Waals surface area contributed by atoms with Gasteiger partial charge in [0.1, 0.15) is 11.4 Å². The summed E-state index contributed by atoms with van der Waals surface area (Å²) in [4.78, 5) is 9.44. The average molecular weight is 1060 g/mol. The number of rotatable bonds is 7. The van der Waals surface area contributed by atoms with Crippen molar-refractivity contribution in [2.24, 2.45) is 0 Å². The van der Waals surface area contributed by atoms with Crippen molar-refractivity contribution in [2.45, 2.75) is 78.6 Å². The molecular weight excluding hydrogens is 1000 g/mol. The molecule has 0 radical (unpaired) electrons. The predicted octanol–water partition coefficient (Wildman–Crippen LogP) is 16.4. The average Bonchev–Trinajstić information content (AvgIpc) is 3.98. The fourth-order valence-corrected chi connectivity index (χ4v) is 9.37. The molecule has 0 saturated heterocycles. The first-order valence-corrected chi connectivity index (χ1v) is 22.9. The van der Waals surface area contributed by atoms with Gasteiger partial charge < -0.3 is 23.5 Å². The number of anilines is 4. The van der Waals surface area contributed by atoms with Gasteiger partial charge in [0.15, 0.2) is 0 Å². The molecule has 0 amide bonds. The Kier molecular flexibility index (Phi) is 10.8. The number of para-hydroxylation sites is 3. The van der Waals surface area contributed by atoms with Gasteiger partial charge in [0.25, 0.3) is 0 Å². The van der Waals surface area contributed by atoms with Crippen LogP contribution in [0.2, 0.25) is 0 Å².